The van der Waals surface area contributed by atoms with E-state index in [0.717, 1.165) is 0 Å². The second kappa shape index (κ2) is 7.83. The van der Waals surface area contributed by atoms with Gasteiger partial charge in [-0.25, -0.2) is 0 Å². The highest BCUT2D eigenvalue weighted by Gasteiger charge is 2.22. The van der Waals surface area contributed by atoms with Crippen molar-refractivity contribution in [3.63, 3.8) is 0 Å². The van der Waals surface area contributed by atoms with E-state index in [2.05, 4.69) is 143 Å². The quantitative estimate of drug-likeness (QED) is 0.217. The Kier molecular flexibility index (Phi) is 4.24. The van der Waals surface area contributed by atoms with Crippen LogP contribution in [-0.2, 0) is 0 Å². The minimum Gasteiger partial charge on any atom is -0.308 e. The average Bonchev–Trinajstić information content (AvgIpc) is 3.64. The lowest BCUT2D eigenvalue weighted by Gasteiger charge is -2.10. The fraction of sp³-hybridized carbons (Fsp3) is 0. The molecule has 0 atom stereocenters. The molecule has 0 bridgehead atoms. The van der Waals surface area contributed by atoms with Gasteiger partial charge in [0.15, 0.2) is 0 Å². The van der Waals surface area contributed by atoms with E-state index >= 15 is 0 Å². The van der Waals surface area contributed by atoms with Crippen molar-refractivity contribution in [2.45, 2.75) is 0 Å². The molecule has 0 spiro atoms. The molecule has 0 N–H and O–H groups in total. The van der Waals surface area contributed by atoms with E-state index < -0.39 is 0 Å². The number of para-hydroxylation sites is 3. The number of fused-ring (bicyclic) bond motifs is 10. The fourth-order valence-corrected chi connectivity index (χ4v) is 7.80. The molecule has 2 nitrogen and oxygen atoms in total. The Hall–Kier alpha value is -4.86. The van der Waals surface area contributed by atoms with E-state index in [-0.39, 0.29) is 0 Å². The van der Waals surface area contributed by atoms with E-state index in [0.29, 0.717) is 0 Å². The fourth-order valence-electron chi connectivity index (χ4n) is 6.41. The SMILES string of the molecule is c1ccc(-n2c3ccccc3c3c4ccc5c6ccccc6n(-c6ccc7ccccc7c6)c5c4sc32)cc1. The predicted octanol–water partition coefficient (Wildman–Crippen LogP) is 10.2. The van der Waals surface area contributed by atoms with Gasteiger partial charge in [-0.3, -0.25) is 0 Å². The molecule has 0 radical (unpaired) electrons. The molecule has 0 aliphatic carbocycles. The Balaban J connectivity index is 1.48. The predicted molar refractivity (Wildman–Crippen MR) is 168 cm³/mol. The van der Waals surface area contributed by atoms with Gasteiger partial charge in [-0.1, -0.05) is 97.1 Å². The minimum absolute atomic E-state index is 1.20. The first-order chi connectivity index (χ1) is 19.4. The first kappa shape index (κ1) is 21.1. The monoisotopic (exact) mass is 514 g/mol. The maximum Gasteiger partial charge on any atom is 0.109 e. The summed E-state index contributed by atoms with van der Waals surface area (Å²) in [5.41, 5.74) is 6.17. The molecule has 3 aromatic heterocycles. The van der Waals surface area contributed by atoms with Gasteiger partial charge in [-0.2, -0.15) is 0 Å². The largest absolute Gasteiger partial charge is 0.308 e. The number of aromatic nitrogens is 2. The van der Waals surface area contributed by atoms with Crippen molar-refractivity contribution < 1.29 is 0 Å². The molecular weight excluding hydrogens is 492 g/mol. The van der Waals surface area contributed by atoms with Crippen LogP contribution in [0.25, 0.3) is 75.2 Å². The van der Waals surface area contributed by atoms with E-state index in [1.807, 2.05) is 11.3 Å². The summed E-state index contributed by atoms with van der Waals surface area (Å²) >= 11 is 1.91. The number of nitrogens with zero attached hydrogens (tertiary/aromatic N) is 2. The summed E-state index contributed by atoms with van der Waals surface area (Å²) in [6, 6.07) is 48.5. The number of hydrogen-bond donors (Lipinski definition) is 0. The first-order valence-electron chi connectivity index (χ1n) is 13.3. The number of benzene rings is 6. The average molecular weight is 515 g/mol. The van der Waals surface area contributed by atoms with Crippen LogP contribution in [-0.4, -0.2) is 9.13 Å². The van der Waals surface area contributed by atoms with Crippen molar-refractivity contribution in [2.24, 2.45) is 0 Å². The van der Waals surface area contributed by atoms with Crippen molar-refractivity contribution in [1.29, 1.82) is 0 Å². The molecule has 3 heteroatoms. The molecule has 0 fully saturated rings. The second-order valence-electron chi connectivity index (χ2n) is 10.2. The summed E-state index contributed by atoms with van der Waals surface area (Å²) in [4.78, 5) is 1.29. The number of thiophene rings is 1. The van der Waals surface area contributed by atoms with Gasteiger partial charge in [-0.05, 0) is 47.2 Å². The lowest BCUT2D eigenvalue weighted by atomic mass is 10.1. The lowest BCUT2D eigenvalue weighted by molar-refractivity contribution is 1.19. The highest BCUT2D eigenvalue weighted by Crippen LogP contribution is 2.47. The highest BCUT2D eigenvalue weighted by molar-refractivity contribution is 7.26. The molecule has 0 saturated carbocycles. The van der Waals surface area contributed by atoms with Crippen LogP contribution in [0.3, 0.4) is 0 Å². The van der Waals surface area contributed by atoms with Gasteiger partial charge in [0.05, 0.1) is 21.3 Å². The molecule has 9 rings (SSSR count). The van der Waals surface area contributed by atoms with Crippen LogP contribution in [0.4, 0.5) is 0 Å². The summed E-state index contributed by atoms with van der Waals surface area (Å²) in [5.74, 6) is 0. The van der Waals surface area contributed by atoms with E-state index in [9.17, 15) is 0 Å². The Bertz CT molecular complexity index is 2390. The lowest BCUT2D eigenvalue weighted by Crippen LogP contribution is -1.94. The summed E-state index contributed by atoms with van der Waals surface area (Å²) in [7, 11) is 0. The topological polar surface area (TPSA) is 9.86 Å². The Morgan fingerprint density at radius 2 is 1.10 bits per heavy atom. The molecule has 3 heterocycles. The zero-order valence-corrected chi connectivity index (χ0v) is 21.8. The molecular formula is C36H22N2S. The van der Waals surface area contributed by atoms with E-state index in [4.69, 9.17) is 0 Å². The summed E-state index contributed by atoms with van der Waals surface area (Å²) in [6.07, 6.45) is 0. The third-order valence-electron chi connectivity index (χ3n) is 8.10. The normalized spacial score (nSPS) is 12.1. The van der Waals surface area contributed by atoms with Crippen molar-refractivity contribution in [1.82, 2.24) is 9.13 Å². The zero-order chi connectivity index (χ0) is 25.5. The summed E-state index contributed by atoms with van der Waals surface area (Å²) < 4.78 is 6.24. The first-order valence-corrected chi connectivity index (χ1v) is 14.1. The molecule has 182 valence electrons. The molecule has 0 amide bonds. The molecule has 0 saturated heterocycles. The molecule has 6 aromatic carbocycles. The number of hydrogen-bond acceptors (Lipinski definition) is 1. The van der Waals surface area contributed by atoms with Gasteiger partial charge < -0.3 is 9.13 Å². The van der Waals surface area contributed by atoms with Crippen LogP contribution in [0.15, 0.2) is 133 Å². The minimum atomic E-state index is 1.20. The van der Waals surface area contributed by atoms with Crippen LogP contribution < -0.4 is 0 Å². The van der Waals surface area contributed by atoms with Crippen LogP contribution in [0.2, 0.25) is 0 Å². The van der Waals surface area contributed by atoms with E-state index in [1.165, 1.54) is 75.2 Å². The van der Waals surface area contributed by atoms with Crippen molar-refractivity contribution in [3.8, 4) is 11.4 Å². The standard InChI is InChI=1S/C36H22N2S/c1-2-12-25(13-3-1)38-32-17-9-7-15-29(32)33-30-21-20-28-27-14-6-8-16-31(27)37(34(28)35(30)39-36(33)38)26-19-18-23-10-4-5-11-24(23)22-26/h1-22H. The number of rotatable bonds is 2. The van der Waals surface area contributed by atoms with Gasteiger partial charge in [-0.15, -0.1) is 11.3 Å². The molecule has 0 unspecified atom stereocenters. The van der Waals surface area contributed by atoms with Gasteiger partial charge in [0.1, 0.15) is 4.83 Å². The molecule has 9 aromatic rings. The van der Waals surface area contributed by atoms with Crippen LogP contribution in [0, 0.1) is 0 Å². The van der Waals surface area contributed by atoms with Gasteiger partial charge in [0.25, 0.3) is 0 Å². The molecule has 39 heavy (non-hydrogen) atoms. The second-order valence-corrected chi connectivity index (χ2v) is 11.2. The maximum atomic E-state index is 2.48. The van der Waals surface area contributed by atoms with Gasteiger partial charge in [0.2, 0.25) is 0 Å². The van der Waals surface area contributed by atoms with Crippen LogP contribution in [0.5, 0.6) is 0 Å². The van der Waals surface area contributed by atoms with Crippen molar-refractivity contribution in [3.05, 3.63) is 133 Å². The van der Waals surface area contributed by atoms with Gasteiger partial charge in [0, 0.05) is 38.3 Å². The van der Waals surface area contributed by atoms with E-state index in [1.54, 1.807) is 0 Å². The third-order valence-corrected chi connectivity index (χ3v) is 9.29. The van der Waals surface area contributed by atoms with Gasteiger partial charge >= 0.3 is 0 Å². The van der Waals surface area contributed by atoms with Crippen LogP contribution in [0.1, 0.15) is 0 Å². The van der Waals surface area contributed by atoms with Crippen LogP contribution >= 0.6 is 11.3 Å². The Morgan fingerprint density at radius 3 is 1.95 bits per heavy atom. The Labute approximate surface area is 228 Å². The summed E-state index contributed by atoms with van der Waals surface area (Å²) in [5, 5.41) is 9.06. The maximum absolute atomic E-state index is 2.48. The zero-order valence-electron chi connectivity index (χ0n) is 21.0. The van der Waals surface area contributed by atoms with Crippen molar-refractivity contribution >= 4 is 75.1 Å². The molecule has 0 aliphatic rings. The highest BCUT2D eigenvalue weighted by atomic mass is 32.1. The Morgan fingerprint density at radius 1 is 0.436 bits per heavy atom. The summed E-state index contributed by atoms with van der Waals surface area (Å²) in [6.45, 7) is 0. The third kappa shape index (κ3) is 2.85. The van der Waals surface area contributed by atoms with Crippen molar-refractivity contribution in [2.75, 3.05) is 0 Å². The molecule has 0 aliphatic heterocycles. The smallest absolute Gasteiger partial charge is 0.109 e.